The second-order valence-corrected chi connectivity index (χ2v) is 6.05. The number of halogens is 1. The van der Waals surface area contributed by atoms with Crippen molar-refractivity contribution in [3.8, 4) is 0 Å². The maximum atomic E-state index is 6.13. The molecular weight excluding hydrogens is 256 g/mol. The summed E-state index contributed by atoms with van der Waals surface area (Å²) in [5, 5.41) is 2.07. The molecule has 1 unspecified atom stereocenters. The van der Waals surface area contributed by atoms with E-state index in [1.54, 1.807) is 0 Å². The molecule has 1 aromatic carbocycles. The molecule has 2 aliphatic rings. The van der Waals surface area contributed by atoms with Crippen LogP contribution in [0.5, 0.6) is 0 Å². The van der Waals surface area contributed by atoms with Crippen molar-refractivity contribution in [1.29, 1.82) is 0 Å². The molecule has 0 amide bonds. The van der Waals surface area contributed by atoms with Gasteiger partial charge in [0.1, 0.15) is 0 Å². The molecule has 0 radical (unpaired) electrons. The lowest BCUT2D eigenvalue weighted by atomic mass is 9.94. The molecule has 4 rings (SSSR count). The highest BCUT2D eigenvalue weighted by Crippen LogP contribution is 2.35. The average Bonchev–Trinajstić information content (AvgIpc) is 3.03. The van der Waals surface area contributed by atoms with Gasteiger partial charge in [0, 0.05) is 40.3 Å². The number of hydrogen-bond donors (Lipinski definition) is 1. The molecule has 19 heavy (non-hydrogen) atoms. The van der Waals surface area contributed by atoms with Crippen LogP contribution in [-0.4, -0.2) is 29.0 Å². The molecule has 0 aliphatic carbocycles. The molecular formula is C16H17ClN2. The highest BCUT2D eigenvalue weighted by Gasteiger charge is 2.28. The summed E-state index contributed by atoms with van der Waals surface area (Å²) in [6, 6.07) is 6.83. The number of benzene rings is 1. The molecule has 1 atom stereocenters. The maximum absolute atomic E-state index is 6.13. The minimum atomic E-state index is 0.754. The van der Waals surface area contributed by atoms with E-state index in [0.29, 0.717) is 0 Å². The van der Waals surface area contributed by atoms with E-state index in [0.717, 1.165) is 17.6 Å². The fourth-order valence-electron chi connectivity index (χ4n) is 3.51. The summed E-state index contributed by atoms with van der Waals surface area (Å²) in [4.78, 5) is 5.96. The molecule has 2 aromatic rings. The molecule has 3 heteroatoms. The Morgan fingerprint density at radius 3 is 3.21 bits per heavy atom. The van der Waals surface area contributed by atoms with Crippen LogP contribution in [0.15, 0.2) is 30.5 Å². The number of fused-ring (bicyclic) bond motifs is 2. The second kappa shape index (κ2) is 4.39. The van der Waals surface area contributed by atoms with E-state index in [4.69, 9.17) is 11.6 Å². The first-order valence-corrected chi connectivity index (χ1v) is 7.39. The molecule has 0 spiro atoms. The quantitative estimate of drug-likeness (QED) is 0.829. The largest absolute Gasteiger partial charge is 0.361 e. The lowest BCUT2D eigenvalue weighted by Gasteiger charge is -2.29. The third kappa shape index (κ3) is 1.90. The van der Waals surface area contributed by atoms with Gasteiger partial charge in [0.2, 0.25) is 0 Å². The number of rotatable bonds is 1. The van der Waals surface area contributed by atoms with Crippen molar-refractivity contribution in [2.45, 2.75) is 25.3 Å². The third-order valence-electron chi connectivity index (χ3n) is 4.52. The first kappa shape index (κ1) is 11.6. The summed E-state index contributed by atoms with van der Waals surface area (Å²) in [6.45, 7) is 2.38. The van der Waals surface area contributed by atoms with Crippen LogP contribution in [0.4, 0.5) is 0 Å². The maximum Gasteiger partial charge on any atom is 0.0461 e. The third-order valence-corrected chi connectivity index (χ3v) is 4.75. The Morgan fingerprint density at radius 1 is 1.32 bits per heavy atom. The molecule has 1 N–H and O–H groups in total. The lowest BCUT2D eigenvalue weighted by Crippen LogP contribution is -2.32. The summed E-state index contributed by atoms with van der Waals surface area (Å²) < 4.78 is 0. The summed E-state index contributed by atoms with van der Waals surface area (Å²) >= 11 is 6.13. The van der Waals surface area contributed by atoms with Crippen molar-refractivity contribution in [3.63, 3.8) is 0 Å². The van der Waals surface area contributed by atoms with Crippen LogP contribution in [0.1, 0.15) is 24.8 Å². The van der Waals surface area contributed by atoms with Crippen LogP contribution < -0.4 is 0 Å². The normalized spacial score (nSPS) is 23.6. The second-order valence-electron chi connectivity index (χ2n) is 5.62. The van der Waals surface area contributed by atoms with E-state index < -0.39 is 0 Å². The predicted octanol–water partition coefficient (Wildman–Crippen LogP) is 4.07. The van der Waals surface area contributed by atoms with Crippen molar-refractivity contribution in [2.75, 3.05) is 13.1 Å². The van der Waals surface area contributed by atoms with Gasteiger partial charge in [-0.25, -0.2) is 0 Å². The molecule has 2 aliphatic heterocycles. The highest BCUT2D eigenvalue weighted by molar-refractivity contribution is 6.31. The number of aromatic nitrogens is 1. The van der Waals surface area contributed by atoms with Crippen LogP contribution in [0, 0.1) is 0 Å². The van der Waals surface area contributed by atoms with Crippen LogP contribution in [0.25, 0.3) is 16.5 Å². The van der Waals surface area contributed by atoms with Crippen LogP contribution in [-0.2, 0) is 0 Å². The molecule has 1 saturated heterocycles. The average molecular weight is 273 g/mol. The zero-order chi connectivity index (χ0) is 12.8. The van der Waals surface area contributed by atoms with Crippen molar-refractivity contribution in [3.05, 3.63) is 41.1 Å². The molecule has 1 fully saturated rings. The topological polar surface area (TPSA) is 19.0 Å². The standard InChI is InChI=1S/C16H17ClN2/c17-12-3-4-16-14(9-12)15(10-18-16)11-5-7-19-6-1-2-13(19)8-11/h3-5,9-10,13,18H,1-2,6-8H2. The van der Waals surface area contributed by atoms with Crippen molar-refractivity contribution in [1.82, 2.24) is 9.88 Å². The van der Waals surface area contributed by atoms with Crippen LogP contribution in [0.2, 0.25) is 5.02 Å². The first-order valence-electron chi connectivity index (χ1n) is 7.01. The van der Waals surface area contributed by atoms with Gasteiger partial charge in [0.15, 0.2) is 0 Å². The Kier molecular flexibility index (Phi) is 2.68. The minimum absolute atomic E-state index is 0.754. The molecule has 0 bridgehead atoms. The zero-order valence-electron chi connectivity index (χ0n) is 10.8. The predicted molar refractivity (Wildman–Crippen MR) is 80.5 cm³/mol. The Labute approximate surface area is 118 Å². The van der Waals surface area contributed by atoms with Gasteiger partial charge in [-0.05, 0) is 49.6 Å². The van der Waals surface area contributed by atoms with Gasteiger partial charge in [-0.15, -0.1) is 0 Å². The van der Waals surface area contributed by atoms with Gasteiger partial charge in [-0.1, -0.05) is 17.7 Å². The lowest BCUT2D eigenvalue weighted by molar-refractivity contribution is 0.275. The Bertz CT molecular complexity index is 656. The molecule has 98 valence electrons. The van der Waals surface area contributed by atoms with Gasteiger partial charge in [-0.2, -0.15) is 0 Å². The highest BCUT2D eigenvalue weighted by atomic mass is 35.5. The van der Waals surface area contributed by atoms with Crippen molar-refractivity contribution in [2.24, 2.45) is 0 Å². The number of hydrogen-bond acceptors (Lipinski definition) is 1. The fraction of sp³-hybridized carbons (Fsp3) is 0.375. The SMILES string of the molecule is Clc1ccc2[nH]cc(C3=CCN4CCCC4C3)c2c1. The van der Waals surface area contributed by atoms with Crippen LogP contribution >= 0.6 is 11.6 Å². The molecule has 1 aromatic heterocycles. The Morgan fingerprint density at radius 2 is 2.26 bits per heavy atom. The van der Waals surface area contributed by atoms with E-state index in [9.17, 15) is 0 Å². The van der Waals surface area contributed by atoms with Gasteiger partial charge >= 0.3 is 0 Å². The molecule has 0 saturated carbocycles. The van der Waals surface area contributed by atoms with Gasteiger partial charge in [-0.3, -0.25) is 4.90 Å². The monoisotopic (exact) mass is 272 g/mol. The number of aromatic amines is 1. The number of H-pyrrole nitrogens is 1. The van der Waals surface area contributed by atoms with Crippen molar-refractivity contribution >= 4 is 28.1 Å². The van der Waals surface area contributed by atoms with E-state index in [1.165, 1.54) is 47.8 Å². The fourth-order valence-corrected chi connectivity index (χ4v) is 3.68. The number of nitrogens with one attached hydrogen (secondary N) is 1. The van der Waals surface area contributed by atoms with E-state index in [2.05, 4.69) is 34.3 Å². The zero-order valence-corrected chi connectivity index (χ0v) is 11.6. The van der Waals surface area contributed by atoms with Gasteiger partial charge in [0.25, 0.3) is 0 Å². The minimum Gasteiger partial charge on any atom is -0.361 e. The smallest absolute Gasteiger partial charge is 0.0461 e. The molecule has 3 heterocycles. The number of nitrogens with zero attached hydrogens (tertiary/aromatic N) is 1. The summed E-state index contributed by atoms with van der Waals surface area (Å²) in [5.74, 6) is 0. The van der Waals surface area contributed by atoms with Gasteiger partial charge in [0.05, 0.1) is 0 Å². The Balaban J connectivity index is 1.76. The van der Waals surface area contributed by atoms with Crippen molar-refractivity contribution < 1.29 is 0 Å². The Hall–Kier alpha value is -1.25. The van der Waals surface area contributed by atoms with Crippen LogP contribution in [0.3, 0.4) is 0 Å². The van der Waals surface area contributed by atoms with Gasteiger partial charge < -0.3 is 4.98 Å². The molecule has 2 nitrogen and oxygen atoms in total. The first-order chi connectivity index (χ1) is 9.31. The summed E-state index contributed by atoms with van der Waals surface area (Å²) in [6.07, 6.45) is 8.41. The van der Waals surface area contributed by atoms with E-state index in [-0.39, 0.29) is 0 Å². The van der Waals surface area contributed by atoms with E-state index >= 15 is 0 Å². The summed E-state index contributed by atoms with van der Waals surface area (Å²) in [7, 11) is 0. The summed E-state index contributed by atoms with van der Waals surface area (Å²) in [5.41, 5.74) is 4.00. The van der Waals surface area contributed by atoms with E-state index in [1.807, 2.05) is 6.07 Å².